The number of hydrogen-bond donors (Lipinski definition) is 2. The molecule has 2 aliphatic rings. The average molecular weight is 362 g/mol. The molecule has 0 unspecified atom stereocenters. The van der Waals surface area contributed by atoms with Crippen molar-refractivity contribution in [2.75, 3.05) is 32.1 Å². The second kappa shape index (κ2) is 8.86. The minimum atomic E-state index is 0.290. The fourth-order valence-corrected chi connectivity index (χ4v) is 4.49. The van der Waals surface area contributed by atoms with E-state index in [2.05, 4.69) is 15.5 Å². The summed E-state index contributed by atoms with van der Waals surface area (Å²) in [5, 5.41) is 7.52. The Hall–Kier alpha value is -1.33. The second-order valence-electron chi connectivity index (χ2n) is 7.37. The van der Waals surface area contributed by atoms with Crippen molar-refractivity contribution in [3.8, 4) is 5.75 Å². The van der Waals surface area contributed by atoms with Crippen molar-refractivity contribution in [2.45, 2.75) is 56.9 Å². The third-order valence-electron chi connectivity index (χ3n) is 5.72. The Labute approximate surface area is 157 Å². The van der Waals surface area contributed by atoms with Crippen molar-refractivity contribution in [1.82, 2.24) is 10.2 Å². The van der Waals surface area contributed by atoms with Crippen LogP contribution in [0.4, 0.5) is 5.69 Å². The molecule has 1 saturated heterocycles. The van der Waals surface area contributed by atoms with Crippen LogP contribution in [0, 0.1) is 0 Å². The molecule has 2 N–H and O–H groups in total. The lowest BCUT2D eigenvalue weighted by molar-refractivity contribution is 0.0371. The van der Waals surface area contributed by atoms with Crippen LogP contribution in [-0.2, 0) is 0 Å². The molecule has 3 rings (SSSR count). The number of anilines is 1. The zero-order valence-corrected chi connectivity index (χ0v) is 16.2. The number of methoxy groups -OCH3 is 1. The third kappa shape index (κ3) is 4.85. The molecular weight excluding hydrogens is 330 g/mol. The van der Waals surface area contributed by atoms with Crippen LogP contribution >= 0.6 is 12.2 Å². The smallest absolute Gasteiger partial charge is 0.170 e. The SMILES string of the molecule is COc1cccc(NC(=S)NCC2(N3CCCCC3)CCCCC2)c1. The molecular formula is C20H31N3OS. The van der Waals surface area contributed by atoms with Crippen LogP contribution in [0.2, 0.25) is 0 Å². The van der Waals surface area contributed by atoms with E-state index in [0.29, 0.717) is 10.7 Å². The molecule has 1 aromatic rings. The summed E-state index contributed by atoms with van der Waals surface area (Å²) in [6.45, 7) is 3.44. The largest absolute Gasteiger partial charge is 0.497 e. The van der Waals surface area contributed by atoms with Crippen molar-refractivity contribution in [2.24, 2.45) is 0 Å². The van der Waals surface area contributed by atoms with Gasteiger partial charge in [0.1, 0.15) is 5.75 Å². The second-order valence-corrected chi connectivity index (χ2v) is 7.78. The topological polar surface area (TPSA) is 36.5 Å². The van der Waals surface area contributed by atoms with Gasteiger partial charge in [-0.1, -0.05) is 31.7 Å². The zero-order valence-electron chi connectivity index (χ0n) is 15.4. The fourth-order valence-electron chi connectivity index (χ4n) is 4.30. The lowest BCUT2D eigenvalue weighted by Gasteiger charge is -2.48. The van der Waals surface area contributed by atoms with Crippen molar-refractivity contribution >= 4 is 23.0 Å². The molecule has 0 bridgehead atoms. The Morgan fingerprint density at radius 1 is 1.12 bits per heavy atom. The minimum absolute atomic E-state index is 0.290. The molecule has 5 heteroatoms. The number of likely N-dealkylation sites (tertiary alicyclic amines) is 1. The van der Waals surface area contributed by atoms with Gasteiger partial charge < -0.3 is 15.4 Å². The summed E-state index contributed by atoms with van der Waals surface area (Å²) in [6, 6.07) is 7.89. The number of nitrogens with one attached hydrogen (secondary N) is 2. The van der Waals surface area contributed by atoms with Gasteiger partial charge in [0.15, 0.2) is 5.11 Å². The summed E-state index contributed by atoms with van der Waals surface area (Å²) < 4.78 is 5.28. The molecule has 1 heterocycles. The number of nitrogens with zero attached hydrogens (tertiary/aromatic N) is 1. The first kappa shape index (κ1) is 18.5. The maximum atomic E-state index is 5.55. The number of hydrogen-bond acceptors (Lipinski definition) is 3. The Morgan fingerprint density at radius 2 is 1.84 bits per heavy atom. The van der Waals surface area contributed by atoms with E-state index in [-0.39, 0.29) is 0 Å². The molecule has 1 saturated carbocycles. The van der Waals surface area contributed by atoms with E-state index in [1.807, 2.05) is 24.3 Å². The highest BCUT2D eigenvalue weighted by atomic mass is 32.1. The van der Waals surface area contributed by atoms with Gasteiger partial charge in [-0.25, -0.2) is 0 Å². The van der Waals surface area contributed by atoms with Crippen molar-refractivity contribution < 1.29 is 4.74 Å². The van der Waals surface area contributed by atoms with Crippen LogP contribution in [0.25, 0.3) is 0 Å². The van der Waals surface area contributed by atoms with Crippen molar-refractivity contribution in [3.63, 3.8) is 0 Å². The first-order valence-electron chi connectivity index (χ1n) is 9.66. The van der Waals surface area contributed by atoms with Crippen LogP contribution in [0.5, 0.6) is 5.75 Å². The minimum Gasteiger partial charge on any atom is -0.497 e. The number of ether oxygens (including phenoxy) is 1. The molecule has 1 aliphatic heterocycles. The first-order chi connectivity index (χ1) is 12.2. The van der Waals surface area contributed by atoms with Crippen molar-refractivity contribution in [3.05, 3.63) is 24.3 Å². The Kier molecular flexibility index (Phi) is 6.54. The molecule has 0 atom stereocenters. The highest BCUT2D eigenvalue weighted by Crippen LogP contribution is 2.35. The van der Waals surface area contributed by atoms with Crippen LogP contribution in [0.3, 0.4) is 0 Å². The summed E-state index contributed by atoms with van der Waals surface area (Å²) in [5.41, 5.74) is 1.26. The lowest BCUT2D eigenvalue weighted by atomic mass is 9.79. The number of thiocarbonyl (C=S) groups is 1. The van der Waals surface area contributed by atoms with Gasteiger partial charge in [0.25, 0.3) is 0 Å². The van der Waals surface area contributed by atoms with E-state index < -0.39 is 0 Å². The Bertz CT molecular complexity index is 566. The monoisotopic (exact) mass is 361 g/mol. The van der Waals surface area contributed by atoms with Gasteiger partial charge >= 0.3 is 0 Å². The average Bonchev–Trinajstić information content (AvgIpc) is 2.68. The van der Waals surface area contributed by atoms with Crippen molar-refractivity contribution in [1.29, 1.82) is 0 Å². The van der Waals surface area contributed by atoms with Crippen LogP contribution in [0.1, 0.15) is 51.4 Å². The van der Waals surface area contributed by atoms with Gasteiger partial charge in [0.05, 0.1) is 7.11 Å². The molecule has 0 radical (unpaired) electrons. The number of piperidine rings is 1. The molecule has 4 nitrogen and oxygen atoms in total. The van der Waals surface area contributed by atoms with E-state index in [4.69, 9.17) is 17.0 Å². The van der Waals surface area contributed by atoms with Gasteiger partial charge in [-0.05, 0) is 63.1 Å². The van der Waals surface area contributed by atoms with Gasteiger partial charge in [0.2, 0.25) is 0 Å². The summed E-state index contributed by atoms with van der Waals surface area (Å²) >= 11 is 5.55. The predicted octanol–water partition coefficient (Wildman–Crippen LogP) is 4.17. The summed E-state index contributed by atoms with van der Waals surface area (Å²) in [6.07, 6.45) is 10.7. The van der Waals surface area contributed by atoms with Gasteiger partial charge in [0, 0.05) is 23.8 Å². The molecule has 25 heavy (non-hydrogen) atoms. The van der Waals surface area contributed by atoms with E-state index in [9.17, 15) is 0 Å². The quantitative estimate of drug-likeness (QED) is 0.770. The molecule has 0 spiro atoms. The number of benzene rings is 1. The standard InChI is InChI=1S/C20H31N3OS/c1-24-18-10-8-9-17(15-18)22-19(25)21-16-20(11-4-2-5-12-20)23-13-6-3-7-14-23/h8-10,15H,2-7,11-14,16H2,1H3,(H2,21,22,25). The molecule has 0 aromatic heterocycles. The first-order valence-corrected chi connectivity index (χ1v) is 10.1. The third-order valence-corrected chi connectivity index (χ3v) is 5.96. The van der Waals surface area contributed by atoms with E-state index in [1.165, 1.54) is 64.5 Å². The van der Waals surface area contributed by atoms with Gasteiger partial charge in [-0.2, -0.15) is 0 Å². The van der Waals surface area contributed by atoms with Gasteiger partial charge in [-0.15, -0.1) is 0 Å². The predicted molar refractivity (Wildman–Crippen MR) is 108 cm³/mol. The Morgan fingerprint density at radius 3 is 2.56 bits per heavy atom. The van der Waals surface area contributed by atoms with Crippen LogP contribution in [-0.4, -0.2) is 42.3 Å². The van der Waals surface area contributed by atoms with E-state index in [0.717, 1.165) is 18.0 Å². The highest BCUT2D eigenvalue weighted by Gasteiger charge is 2.38. The van der Waals surface area contributed by atoms with Gasteiger partial charge in [-0.3, -0.25) is 4.90 Å². The molecule has 1 aliphatic carbocycles. The highest BCUT2D eigenvalue weighted by molar-refractivity contribution is 7.80. The number of rotatable bonds is 5. The van der Waals surface area contributed by atoms with Crippen LogP contribution < -0.4 is 15.4 Å². The van der Waals surface area contributed by atoms with E-state index >= 15 is 0 Å². The summed E-state index contributed by atoms with van der Waals surface area (Å²) in [4.78, 5) is 2.75. The van der Waals surface area contributed by atoms with E-state index in [1.54, 1.807) is 7.11 Å². The maximum absolute atomic E-state index is 5.55. The molecule has 138 valence electrons. The molecule has 2 fully saturated rings. The normalized spacial score (nSPS) is 20.7. The lowest BCUT2D eigenvalue weighted by Crippen LogP contribution is -2.58. The molecule has 1 aromatic carbocycles. The summed E-state index contributed by atoms with van der Waals surface area (Å²) in [5.74, 6) is 0.838. The fraction of sp³-hybridized carbons (Fsp3) is 0.650. The molecule has 0 amide bonds. The van der Waals surface area contributed by atoms with Crippen LogP contribution in [0.15, 0.2) is 24.3 Å². The Balaban J connectivity index is 1.59. The maximum Gasteiger partial charge on any atom is 0.170 e. The zero-order chi connectivity index (χ0) is 17.5. The summed E-state index contributed by atoms with van der Waals surface area (Å²) in [7, 11) is 1.68.